The molecule has 26 heavy (non-hydrogen) atoms. The number of nitrogens with zero attached hydrogens (tertiary/aromatic N) is 1. The largest absolute Gasteiger partial charge is 0.497 e. The number of rotatable bonds is 8. The zero-order valence-corrected chi connectivity index (χ0v) is 17.1. The van der Waals surface area contributed by atoms with Crippen molar-refractivity contribution in [2.24, 2.45) is 0 Å². The molecule has 0 unspecified atom stereocenters. The number of aliphatic hydroxyl groups excluding tert-OH is 1. The van der Waals surface area contributed by atoms with Gasteiger partial charge in [-0.3, -0.25) is 0 Å². The first-order chi connectivity index (χ1) is 11.4. The highest BCUT2D eigenvalue weighted by Crippen LogP contribution is 2.19. The molecule has 1 aromatic carbocycles. The summed E-state index contributed by atoms with van der Waals surface area (Å²) in [5, 5.41) is 13.7. The summed E-state index contributed by atoms with van der Waals surface area (Å²) >= 11 is 0. The number of nitrogens with one attached hydrogen (secondary N) is 1. The predicted octanol–water partition coefficient (Wildman–Crippen LogP) is 3.55. The molecule has 2 rings (SSSR count). The molecule has 1 aromatic heterocycles. The van der Waals surface area contributed by atoms with Gasteiger partial charge in [-0.25, -0.2) is 4.98 Å². The molecule has 1 heterocycles. The summed E-state index contributed by atoms with van der Waals surface area (Å²) in [7, 11) is 1.68. The molecule has 0 aliphatic carbocycles. The number of aromatic nitrogens is 1. The third kappa shape index (κ3) is 7.79. The maximum Gasteiger partial charge on any atom is 0.123 e. The smallest absolute Gasteiger partial charge is 0.123 e. The van der Waals surface area contributed by atoms with Crippen molar-refractivity contribution in [3.63, 3.8) is 0 Å². The van der Waals surface area contributed by atoms with E-state index in [0.717, 1.165) is 24.2 Å². The molecule has 0 radical (unpaired) electrons. The van der Waals surface area contributed by atoms with Crippen LogP contribution in [0, 0.1) is 0 Å². The lowest BCUT2D eigenvalue weighted by Crippen LogP contribution is -2.42. The molecule has 2 aromatic rings. The summed E-state index contributed by atoms with van der Waals surface area (Å²) in [5.74, 6) is 1.34. The number of pyridine rings is 1. The topological polar surface area (TPSA) is 80.4 Å². The van der Waals surface area contributed by atoms with E-state index in [4.69, 9.17) is 10.5 Å². The SMILES string of the molecule is COc1cccc(CCC(C)(C)NC[C@H](O)c2ccc(N)nc2)c1.Cl.Cl. The molecule has 0 saturated carbocycles. The van der Waals surface area contributed by atoms with Crippen molar-refractivity contribution in [1.82, 2.24) is 10.3 Å². The number of hydrogen-bond donors (Lipinski definition) is 3. The lowest BCUT2D eigenvalue weighted by atomic mass is 9.94. The number of anilines is 1. The minimum absolute atomic E-state index is 0. The number of aliphatic hydroxyl groups is 1. The van der Waals surface area contributed by atoms with Crippen molar-refractivity contribution >= 4 is 30.6 Å². The van der Waals surface area contributed by atoms with Crippen LogP contribution in [-0.4, -0.2) is 29.3 Å². The number of aryl methyl sites for hydroxylation is 1. The Bertz CT molecular complexity index is 651. The quantitative estimate of drug-likeness (QED) is 0.629. The summed E-state index contributed by atoms with van der Waals surface area (Å²) in [6, 6.07) is 11.6. The first kappa shape index (κ1) is 24.5. The van der Waals surface area contributed by atoms with Crippen LogP contribution in [0.2, 0.25) is 0 Å². The maximum absolute atomic E-state index is 10.3. The highest BCUT2D eigenvalue weighted by Gasteiger charge is 2.19. The summed E-state index contributed by atoms with van der Waals surface area (Å²) in [6.07, 6.45) is 2.91. The van der Waals surface area contributed by atoms with Gasteiger partial charge in [-0.05, 0) is 50.5 Å². The van der Waals surface area contributed by atoms with Crippen LogP contribution in [0.4, 0.5) is 5.82 Å². The highest BCUT2D eigenvalue weighted by molar-refractivity contribution is 5.85. The molecule has 0 fully saturated rings. The Morgan fingerprint density at radius 1 is 1.23 bits per heavy atom. The van der Waals surface area contributed by atoms with Gasteiger partial charge >= 0.3 is 0 Å². The Labute approximate surface area is 168 Å². The van der Waals surface area contributed by atoms with Gasteiger partial charge in [0.1, 0.15) is 11.6 Å². The summed E-state index contributed by atoms with van der Waals surface area (Å²) in [5.41, 5.74) is 7.48. The predicted molar refractivity (Wildman–Crippen MR) is 112 cm³/mol. The second-order valence-corrected chi connectivity index (χ2v) is 6.65. The van der Waals surface area contributed by atoms with Crippen LogP contribution in [0.25, 0.3) is 0 Å². The number of methoxy groups -OCH3 is 1. The normalized spacial score (nSPS) is 11.8. The Kier molecular flexibility index (Phi) is 10.6. The lowest BCUT2D eigenvalue weighted by molar-refractivity contribution is 0.159. The number of ether oxygens (including phenoxy) is 1. The van der Waals surface area contributed by atoms with E-state index in [1.807, 2.05) is 12.1 Å². The monoisotopic (exact) mass is 401 g/mol. The van der Waals surface area contributed by atoms with E-state index < -0.39 is 6.10 Å². The van der Waals surface area contributed by atoms with Gasteiger partial charge in [0, 0.05) is 23.8 Å². The number of benzene rings is 1. The zero-order chi connectivity index (χ0) is 17.6. The van der Waals surface area contributed by atoms with Crippen LogP contribution >= 0.6 is 24.8 Å². The van der Waals surface area contributed by atoms with E-state index in [1.54, 1.807) is 25.4 Å². The molecule has 0 amide bonds. The van der Waals surface area contributed by atoms with Crippen molar-refractivity contribution in [3.05, 3.63) is 53.7 Å². The van der Waals surface area contributed by atoms with Gasteiger partial charge in [0.2, 0.25) is 0 Å². The minimum atomic E-state index is -0.603. The first-order valence-electron chi connectivity index (χ1n) is 8.17. The molecule has 7 heteroatoms. The van der Waals surface area contributed by atoms with Gasteiger partial charge in [0.05, 0.1) is 13.2 Å². The van der Waals surface area contributed by atoms with Gasteiger partial charge < -0.3 is 20.9 Å². The van der Waals surface area contributed by atoms with Crippen molar-refractivity contribution in [1.29, 1.82) is 0 Å². The van der Waals surface area contributed by atoms with E-state index in [9.17, 15) is 5.11 Å². The van der Waals surface area contributed by atoms with Crippen LogP contribution < -0.4 is 15.8 Å². The van der Waals surface area contributed by atoms with Crippen molar-refractivity contribution in [2.45, 2.75) is 38.3 Å². The number of halogens is 2. The summed E-state index contributed by atoms with van der Waals surface area (Å²) < 4.78 is 5.26. The summed E-state index contributed by atoms with van der Waals surface area (Å²) in [4.78, 5) is 4.02. The highest BCUT2D eigenvalue weighted by atomic mass is 35.5. The Balaban J connectivity index is 0.00000312. The lowest BCUT2D eigenvalue weighted by Gasteiger charge is -2.28. The van der Waals surface area contributed by atoms with E-state index in [1.165, 1.54) is 5.56 Å². The van der Waals surface area contributed by atoms with E-state index in [0.29, 0.717) is 12.4 Å². The van der Waals surface area contributed by atoms with Crippen LogP contribution in [0.5, 0.6) is 5.75 Å². The van der Waals surface area contributed by atoms with Gasteiger partial charge in [-0.15, -0.1) is 24.8 Å². The number of β-amino-alcohol motifs (C(OH)–C–C–N with tert-alkyl or cyclic N) is 1. The van der Waals surface area contributed by atoms with Crippen LogP contribution in [-0.2, 0) is 6.42 Å². The standard InChI is InChI=1S/C19H27N3O2.2ClH/c1-19(2,10-9-14-5-4-6-16(11-14)24-3)22-13-17(23)15-7-8-18(20)21-12-15;;/h4-8,11-12,17,22-23H,9-10,13H2,1-3H3,(H2,20,21);2*1H/t17-;;/m0../s1. The van der Waals surface area contributed by atoms with E-state index in [2.05, 4.69) is 36.3 Å². The molecule has 4 N–H and O–H groups in total. The molecule has 0 aliphatic heterocycles. The second-order valence-electron chi connectivity index (χ2n) is 6.65. The number of hydrogen-bond acceptors (Lipinski definition) is 5. The molecule has 146 valence electrons. The average Bonchev–Trinajstić information content (AvgIpc) is 2.59. The number of nitrogen functional groups attached to an aromatic ring is 1. The zero-order valence-electron chi connectivity index (χ0n) is 15.4. The molecule has 0 spiro atoms. The molecule has 5 nitrogen and oxygen atoms in total. The molecular weight excluding hydrogens is 373 g/mol. The van der Waals surface area contributed by atoms with Crippen LogP contribution in [0.15, 0.2) is 42.6 Å². The van der Waals surface area contributed by atoms with Gasteiger partial charge in [-0.2, -0.15) is 0 Å². The van der Waals surface area contributed by atoms with Crippen molar-refractivity contribution in [2.75, 3.05) is 19.4 Å². The summed E-state index contributed by atoms with van der Waals surface area (Å²) in [6.45, 7) is 4.75. The van der Waals surface area contributed by atoms with E-state index >= 15 is 0 Å². The van der Waals surface area contributed by atoms with Gasteiger partial charge in [0.15, 0.2) is 0 Å². The van der Waals surface area contributed by atoms with Crippen LogP contribution in [0.3, 0.4) is 0 Å². The van der Waals surface area contributed by atoms with Crippen LogP contribution in [0.1, 0.15) is 37.5 Å². The molecule has 0 aliphatic rings. The van der Waals surface area contributed by atoms with Gasteiger partial charge in [-0.1, -0.05) is 18.2 Å². The van der Waals surface area contributed by atoms with Gasteiger partial charge in [0.25, 0.3) is 0 Å². The number of nitrogens with two attached hydrogens (primary N) is 1. The fourth-order valence-electron chi connectivity index (χ4n) is 2.48. The maximum atomic E-state index is 10.3. The third-order valence-electron chi connectivity index (χ3n) is 4.14. The Morgan fingerprint density at radius 3 is 2.58 bits per heavy atom. The molecule has 0 bridgehead atoms. The fourth-order valence-corrected chi connectivity index (χ4v) is 2.48. The molecular formula is C19H29Cl2N3O2. The Hall–Kier alpha value is -1.53. The Morgan fingerprint density at radius 2 is 1.96 bits per heavy atom. The first-order valence-corrected chi connectivity index (χ1v) is 8.17. The average molecular weight is 402 g/mol. The van der Waals surface area contributed by atoms with Crippen molar-refractivity contribution in [3.8, 4) is 5.75 Å². The second kappa shape index (κ2) is 11.2. The fraction of sp³-hybridized carbons (Fsp3) is 0.421. The molecule has 1 atom stereocenters. The minimum Gasteiger partial charge on any atom is -0.497 e. The molecule has 0 saturated heterocycles. The van der Waals surface area contributed by atoms with Crippen molar-refractivity contribution < 1.29 is 9.84 Å². The van der Waals surface area contributed by atoms with E-state index in [-0.39, 0.29) is 30.4 Å². The third-order valence-corrected chi connectivity index (χ3v) is 4.14.